The van der Waals surface area contributed by atoms with Crippen molar-refractivity contribution in [1.82, 2.24) is 10.2 Å². The first kappa shape index (κ1) is 29.2. The predicted molar refractivity (Wildman–Crippen MR) is 149 cm³/mol. The number of benzene rings is 3. The first-order valence-electron chi connectivity index (χ1n) is 12.6. The quantitative estimate of drug-likeness (QED) is 0.383. The number of halogens is 2. The van der Waals surface area contributed by atoms with E-state index in [1.54, 1.807) is 31.2 Å². The van der Waals surface area contributed by atoms with Crippen molar-refractivity contribution in [2.75, 3.05) is 31.1 Å². The molecule has 212 valence electrons. The average Bonchev–Trinajstić information content (AvgIpc) is 2.96. The second-order valence-corrected chi connectivity index (χ2v) is 11.3. The molecule has 1 heterocycles. The third-order valence-electron chi connectivity index (χ3n) is 6.39. The van der Waals surface area contributed by atoms with E-state index >= 15 is 0 Å². The number of hydrogen-bond donors (Lipinski definition) is 1. The summed E-state index contributed by atoms with van der Waals surface area (Å²) in [6, 6.07) is 14.8. The van der Waals surface area contributed by atoms with Crippen LogP contribution in [-0.4, -0.2) is 58.0 Å². The number of nitrogens with zero attached hydrogens (tertiary/aromatic N) is 2. The minimum absolute atomic E-state index is 0.0310. The maximum Gasteiger partial charge on any atom is 0.264 e. The fourth-order valence-electron chi connectivity index (χ4n) is 4.32. The molecule has 1 aliphatic rings. The van der Waals surface area contributed by atoms with Gasteiger partial charge >= 0.3 is 0 Å². The highest BCUT2D eigenvalue weighted by atomic mass is 35.5. The van der Waals surface area contributed by atoms with Gasteiger partial charge in [-0.1, -0.05) is 30.7 Å². The summed E-state index contributed by atoms with van der Waals surface area (Å²) < 4.78 is 53.6. The third-order valence-corrected chi connectivity index (χ3v) is 8.42. The topological polar surface area (TPSA) is 105 Å². The molecule has 1 atom stereocenters. The maximum absolute atomic E-state index is 14.0. The minimum Gasteiger partial charge on any atom is -0.486 e. The number of likely N-dealkylation sites (N-methyl/N-ethyl adjacent to an activating group) is 1. The summed E-state index contributed by atoms with van der Waals surface area (Å²) in [6.07, 6.45) is 0.282. The summed E-state index contributed by atoms with van der Waals surface area (Å²) in [5.74, 6) is -0.932. The number of amides is 2. The molecule has 4 rings (SSSR count). The number of anilines is 1. The molecule has 0 radical (unpaired) electrons. The number of carbonyl (C=O) groups excluding carboxylic acids is 2. The molecule has 0 fully saturated rings. The van der Waals surface area contributed by atoms with E-state index in [0.29, 0.717) is 22.9 Å². The van der Waals surface area contributed by atoms with Crippen LogP contribution in [0.4, 0.5) is 10.1 Å². The molecule has 0 bridgehead atoms. The zero-order valence-electron chi connectivity index (χ0n) is 22.0. The van der Waals surface area contributed by atoms with Crippen molar-refractivity contribution in [2.24, 2.45) is 0 Å². The first-order valence-corrected chi connectivity index (χ1v) is 14.4. The summed E-state index contributed by atoms with van der Waals surface area (Å²) >= 11 is 6.01. The second-order valence-electron chi connectivity index (χ2n) is 8.98. The van der Waals surface area contributed by atoms with E-state index < -0.39 is 40.2 Å². The van der Waals surface area contributed by atoms with Gasteiger partial charge < -0.3 is 19.7 Å². The molecule has 3 aromatic carbocycles. The average molecular weight is 590 g/mol. The standard InChI is InChI=1S/C28H29ClFN3O6S/c1-3-24(28(35)31-2)32(17-19-4-6-20(29)7-5-19)27(34)18-33(22-10-8-21(30)9-11-22)40(36,37)23-12-13-25-26(16-23)39-15-14-38-25/h4-13,16,24H,3,14-15,17-18H2,1-2H3,(H,31,35). The van der Waals surface area contributed by atoms with Crippen LogP contribution in [0, 0.1) is 5.82 Å². The van der Waals surface area contributed by atoms with Crippen molar-refractivity contribution in [2.45, 2.75) is 30.8 Å². The molecule has 0 aromatic heterocycles. The van der Waals surface area contributed by atoms with Gasteiger partial charge in [0.15, 0.2) is 11.5 Å². The molecule has 12 heteroatoms. The van der Waals surface area contributed by atoms with Gasteiger partial charge in [-0.3, -0.25) is 13.9 Å². The molecular weight excluding hydrogens is 561 g/mol. The summed E-state index contributed by atoms with van der Waals surface area (Å²) in [5.41, 5.74) is 0.771. The number of ether oxygens (including phenoxy) is 2. The summed E-state index contributed by atoms with van der Waals surface area (Å²) in [6.45, 7) is 1.73. The largest absolute Gasteiger partial charge is 0.486 e. The molecule has 0 saturated carbocycles. The van der Waals surface area contributed by atoms with Crippen molar-refractivity contribution >= 4 is 39.1 Å². The third kappa shape index (κ3) is 6.48. The van der Waals surface area contributed by atoms with Gasteiger partial charge in [0.1, 0.15) is 31.6 Å². The highest BCUT2D eigenvalue weighted by Gasteiger charge is 2.34. The van der Waals surface area contributed by atoms with E-state index in [0.717, 1.165) is 16.4 Å². The van der Waals surface area contributed by atoms with Gasteiger partial charge in [0.2, 0.25) is 11.8 Å². The SMILES string of the molecule is CCC(C(=O)NC)N(Cc1ccc(Cl)cc1)C(=O)CN(c1ccc(F)cc1)S(=O)(=O)c1ccc2c(c1)OCCO2. The normalized spacial score (nSPS) is 13.3. The molecule has 0 aliphatic carbocycles. The van der Waals surface area contributed by atoms with Crippen molar-refractivity contribution < 1.29 is 31.9 Å². The number of hydrogen-bond acceptors (Lipinski definition) is 6. The van der Waals surface area contributed by atoms with Crippen LogP contribution in [0.3, 0.4) is 0 Å². The highest BCUT2D eigenvalue weighted by molar-refractivity contribution is 7.92. The Kier molecular flexibility index (Phi) is 9.16. The Morgan fingerprint density at radius 3 is 2.27 bits per heavy atom. The lowest BCUT2D eigenvalue weighted by molar-refractivity contribution is -0.140. The molecule has 0 saturated heterocycles. The molecule has 2 amide bonds. The molecule has 1 N–H and O–H groups in total. The zero-order valence-corrected chi connectivity index (χ0v) is 23.5. The summed E-state index contributed by atoms with van der Waals surface area (Å²) in [7, 11) is -2.89. The molecule has 0 spiro atoms. The number of sulfonamides is 1. The lowest BCUT2D eigenvalue weighted by Gasteiger charge is -2.33. The van der Waals surface area contributed by atoms with Crippen molar-refractivity contribution in [3.63, 3.8) is 0 Å². The Balaban J connectivity index is 1.74. The van der Waals surface area contributed by atoms with Crippen LogP contribution in [0.1, 0.15) is 18.9 Å². The van der Waals surface area contributed by atoms with Gasteiger partial charge in [-0.05, 0) is 60.5 Å². The molecule has 9 nitrogen and oxygen atoms in total. The van der Waals surface area contributed by atoms with E-state index in [4.69, 9.17) is 21.1 Å². The molecule has 40 heavy (non-hydrogen) atoms. The van der Waals surface area contributed by atoms with Crippen molar-refractivity contribution in [3.8, 4) is 11.5 Å². The smallest absolute Gasteiger partial charge is 0.264 e. The van der Waals surface area contributed by atoms with Gasteiger partial charge in [0, 0.05) is 24.7 Å². The predicted octanol–water partition coefficient (Wildman–Crippen LogP) is 4.00. The van der Waals surface area contributed by atoms with E-state index in [-0.39, 0.29) is 35.9 Å². The van der Waals surface area contributed by atoms with Crippen molar-refractivity contribution in [3.05, 3.63) is 83.1 Å². The minimum atomic E-state index is -4.36. The summed E-state index contributed by atoms with van der Waals surface area (Å²) in [4.78, 5) is 27.8. The van der Waals surface area contributed by atoms with E-state index in [1.165, 1.54) is 42.3 Å². The van der Waals surface area contributed by atoms with Crippen LogP contribution in [-0.2, 0) is 26.2 Å². The van der Waals surface area contributed by atoms with Gasteiger partial charge in [0.25, 0.3) is 10.0 Å². The van der Waals surface area contributed by atoms with E-state index in [2.05, 4.69) is 5.32 Å². The van der Waals surface area contributed by atoms with Crippen molar-refractivity contribution in [1.29, 1.82) is 0 Å². The maximum atomic E-state index is 14.0. The van der Waals surface area contributed by atoms with Gasteiger partial charge in [-0.2, -0.15) is 0 Å². The van der Waals surface area contributed by atoms with E-state index in [9.17, 15) is 22.4 Å². The Morgan fingerprint density at radius 2 is 1.65 bits per heavy atom. The lowest BCUT2D eigenvalue weighted by Crippen LogP contribution is -2.51. The number of fused-ring (bicyclic) bond motifs is 1. The fraction of sp³-hybridized carbons (Fsp3) is 0.286. The Hall–Kier alpha value is -3.83. The molecule has 3 aromatic rings. The van der Waals surface area contributed by atoms with Gasteiger partial charge in [-0.25, -0.2) is 12.8 Å². The monoisotopic (exact) mass is 589 g/mol. The highest BCUT2D eigenvalue weighted by Crippen LogP contribution is 2.34. The van der Waals surface area contributed by atoms with Crippen LogP contribution in [0.2, 0.25) is 5.02 Å². The zero-order chi connectivity index (χ0) is 28.9. The number of rotatable bonds is 10. The Morgan fingerprint density at radius 1 is 1.00 bits per heavy atom. The van der Waals surface area contributed by atoms with Gasteiger partial charge in [0.05, 0.1) is 10.6 Å². The lowest BCUT2D eigenvalue weighted by atomic mass is 10.1. The van der Waals surface area contributed by atoms with Crippen LogP contribution in [0.5, 0.6) is 11.5 Å². The fourth-order valence-corrected chi connectivity index (χ4v) is 5.88. The number of carbonyl (C=O) groups is 2. The Labute approximate surface area is 237 Å². The second kappa shape index (κ2) is 12.6. The van der Waals surface area contributed by atoms with Crippen LogP contribution in [0.15, 0.2) is 71.6 Å². The first-order chi connectivity index (χ1) is 19.1. The van der Waals surface area contributed by atoms with Gasteiger partial charge in [-0.15, -0.1) is 0 Å². The summed E-state index contributed by atoms with van der Waals surface area (Å²) in [5, 5.41) is 3.08. The van der Waals surface area contributed by atoms with Crippen LogP contribution < -0.4 is 19.1 Å². The molecule has 1 unspecified atom stereocenters. The number of nitrogens with one attached hydrogen (secondary N) is 1. The molecular formula is C28H29ClFN3O6S. The van der Waals surface area contributed by atoms with E-state index in [1.807, 2.05) is 0 Å². The van der Waals surface area contributed by atoms with Crippen LogP contribution in [0.25, 0.3) is 0 Å². The molecule has 1 aliphatic heterocycles. The Bertz CT molecular complexity index is 1470. The van der Waals surface area contributed by atoms with Crippen LogP contribution >= 0.6 is 11.6 Å².